The van der Waals surface area contributed by atoms with Gasteiger partial charge >= 0.3 is 6.09 Å². The summed E-state index contributed by atoms with van der Waals surface area (Å²) in [6, 6.07) is 6.51. The van der Waals surface area contributed by atoms with Crippen LogP contribution >= 0.6 is 11.6 Å². The minimum atomic E-state index is -3.51. The van der Waals surface area contributed by atoms with Crippen LogP contribution in [0.4, 0.5) is 16.4 Å². The van der Waals surface area contributed by atoms with Crippen LogP contribution in [0.25, 0.3) is 22.6 Å². The highest BCUT2D eigenvalue weighted by molar-refractivity contribution is 7.92. The Morgan fingerprint density at radius 2 is 1.95 bits per heavy atom. The van der Waals surface area contributed by atoms with Gasteiger partial charge in [-0.25, -0.2) is 28.2 Å². The summed E-state index contributed by atoms with van der Waals surface area (Å²) in [6.07, 6.45) is 1.58. The van der Waals surface area contributed by atoms with E-state index in [0.717, 1.165) is 5.82 Å². The second-order valence-corrected chi connectivity index (χ2v) is 12.2. The molecule has 1 atom stereocenters. The average molecular weight is 564 g/mol. The maximum atomic E-state index is 12.4. The number of halogens is 1. The number of nitrogens with one attached hydrogen (secondary N) is 4. The van der Waals surface area contributed by atoms with Crippen molar-refractivity contribution in [2.75, 3.05) is 29.4 Å². The molecule has 4 N–H and O–H groups in total. The average Bonchev–Trinajstić information content (AvgIpc) is 3.28. The molecule has 38 heavy (non-hydrogen) atoms. The lowest BCUT2D eigenvalue weighted by Crippen LogP contribution is -2.37. The molecule has 0 aliphatic carbocycles. The normalized spacial score (nSPS) is 12.6. The number of amides is 1. The zero-order valence-corrected chi connectivity index (χ0v) is 23.9. The van der Waals surface area contributed by atoms with Crippen molar-refractivity contribution in [1.82, 2.24) is 25.3 Å². The molecule has 1 unspecified atom stereocenters. The molecule has 0 aliphatic rings. The van der Waals surface area contributed by atoms with Crippen molar-refractivity contribution in [3.63, 3.8) is 0 Å². The van der Waals surface area contributed by atoms with E-state index >= 15 is 0 Å². The second-order valence-electron chi connectivity index (χ2n) is 9.89. The summed E-state index contributed by atoms with van der Waals surface area (Å²) >= 11 is 6.40. The first-order valence-electron chi connectivity index (χ1n) is 12.1. The van der Waals surface area contributed by atoms with E-state index in [-0.39, 0.29) is 17.2 Å². The predicted octanol–water partition coefficient (Wildman–Crippen LogP) is 4.79. The number of imidazole rings is 1. The van der Waals surface area contributed by atoms with Crippen LogP contribution in [0, 0.1) is 0 Å². The highest BCUT2D eigenvalue weighted by atomic mass is 35.5. The van der Waals surface area contributed by atoms with Gasteiger partial charge in [-0.1, -0.05) is 39.3 Å². The van der Waals surface area contributed by atoms with Crippen molar-refractivity contribution in [3.8, 4) is 22.6 Å². The third-order valence-corrected chi connectivity index (χ3v) is 7.07. The summed E-state index contributed by atoms with van der Waals surface area (Å²) < 4.78 is 32.0. The number of anilines is 2. The van der Waals surface area contributed by atoms with Crippen LogP contribution in [0.1, 0.15) is 46.9 Å². The lowest BCUT2D eigenvalue weighted by atomic mass is 9.96. The summed E-state index contributed by atoms with van der Waals surface area (Å²) in [5, 5.41) is 6.15. The van der Waals surface area contributed by atoms with Gasteiger partial charge in [-0.05, 0) is 37.6 Å². The van der Waals surface area contributed by atoms with Gasteiger partial charge in [-0.3, -0.25) is 4.72 Å². The van der Waals surface area contributed by atoms with Gasteiger partial charge in [0, 0.05) is 34.8 Å². The van der Waals surface area contributed by atoms with E-state index in [9.17, 15) is 13.2 Å². The van der Waals surface area contributed by atoms with Crippen LogP contribution in [0.5, 0.6) is 0 Å². The Kier molecular flexibility index (Phi) is 9.21. The number of ether oxygens (including phenoxy) is 1. The molecular weight excluding hydrogens is 530 g/mol. The van der Waals surface area contributed by atoms with Crippen LogP contribution in [0.3, 0.4) is 0 Å². The van der Waals surface area contributed by atoms with Crippen LogP contribution in [-0.2, 0) is 20.2 Å². The number of hydrogen-bond donors (Lipinski definition) is 4. The Bertz CT molecular complexity index is 1390. The highest BCUT2D eigenvalue weighted by Crippen LogP contribution is 2.35. The lowest BCUT2D eigenvalue weighted by Gasteiger charge is -2.14. The van der Waals surface area contributed by atoms with E-state index in [1.165, 1.54) is 7.11 Å². The number of carbonyl (C=O) groups excluding carboxylic acids is 1. The lowest BCUT2D eigenvalue weighted by molar-refractivity contribution is 0.168. The van der Waals surface area contributed by atoms with E-state index in [4.69, 9.17) is 16.6 Å². The molecule has 2 heterocycles. The standard InChI is InChI=1S/C25H34ClN7O4S/c1-7-10-38(35,36)33-18-12-16(11-17(26)13-18)20-21(32-22(31-20)25(3,4)5)19-8-9-27-23(30-19)28-14-15(2)29-24(34)37-6/h8-9,11-13,15,33H,7,10,14H2,1-6H3,(H,29,34)(H,31,32)(H,27,28,30). The Morgan fingerprint density at radius 1 is 1.21 bits per heavy atom. The van der Waals surface area contributed by atoms with Crippen LogP contribution in [0.15, 0.2) is 30.5 Å². The number of aromatic nitrogens is 4. The summed E-state index contributed by atoms with van der Waals surface area (Å²) in [7, 11) is -2.20. The summed E-state index contributed by atoms with van der Waals surface area (Å²) in [5.74, 6) is 1.08. The number of rotatable bonds is 10. The molecule has 0 radical (unpaired) electrons. The number of aromatic amines is 1. The largest absolute Gasteiger partial charge is 0.453 e. The molecule has 13 heteroatoms. The van der Waals surface area contributed by atoms with E-state index in [2.05, 4.69) is 35.0 Å². The fraction of sp³-hybridized carbons (Fsp3) is 0.440. The van der Waals surface area contributed by atoms with Gasteiger partial charge in [0.25, 0.3) is 0 Å². The zero-order valence-electron chi connectivity index (χ0n) is 22.3. The van der Waals surface area contributed by atoms with Gasteiger partial charge < -0.3 is 20.4 Å². The van der Waals surface area contributed by atoms with Crippen LogP contribution in [-0.4, -0.2) is 59.9 Å². The van der Waals surface area contributed by atoms with Gasteiger partial charge in [0.05, 0.1) is 35.6 Å². The molecule has 11 nitrogen and oxygen atoms in total. The third kappa shape index (κ3) is 7.81. The molecule has 1 aromatic carbocycles. The minimum absolute atomic E-state index is 0.00114. The Morgan fingerprint density at radius 3 is 2.61 bits per heavy atom. The zero-order chi connectivity index (χ0) is 28.1. The highest BCUT2D eigenvalue weighted by Gasteiger charge is 2.24. The Labute approximate surface area is 228 Å². The second kappa shape index (κ2) is 12.0. The molecule has 206 valence electrons. The van der Waals surface area contributed by atoms with E-state index < -0.39 is 16.1 Å². The van der Waals surface area contributed by atoms with Gasteiger partial charge in [0.15, 0.2) is 0 Å². The van der Waals surface area contributed by atoms with Crippen molar-refractivity contribution in [1.29, 1.82) is 0 Å². The van der Waals surface area contributed by atoms with Crippen molar-refractivity contribution < 1.29 is 17.9 Å². The summed E-state index contributed by atoms with van der Waals surface area (Å²) in [6.45, 7) is 10.1. The maximum absolute atomic E-state index is 12.4. The molecular formula is C25H34ClN7O4S. The summed E-state index contributed by atoms with van der Waals surface area (Å²) in [5.41, 5.74) is 2.44. The third-order valence-electron chi connectivity index (χ3n) is 5.36. The first-order valence-corrected chi connectivity index (χ1v) is 14.2. The van der Waals surface area contributed by atoms with Gasteiger partial charge in [0.1, 0.15) is 5.82 Å². The van der Waals surface area contributed by atoms with Crippen molar-refractivity contribution >= 4 is 39.4 Å². The Balaban J connectivity index is 2.00. The molecule has 2 aromatic heterocycles. The van der Waals surface area contributed by atoms with Gasteiger partial charge in [-0.2, -0.15) is 0 Å². The quantitative estimate of drug-likeness (QED) is 0.275. The van der Waals surface area contributed by atoms with Crippen LogP contribution in [0.2, 0.25) is 5.02 Å². The molecule has 0 saturated carbocycles. The van der Waals surface area contributed by atoms with Crippen molar-refractivity contribution in [3.05, 3.63) is 41.3 Å². The molecule has 1 amide bonds. The number of H-pyrrole nitrogens is 1. The SMILES string of the molecule is CCCS(=O)(=O)Nc1cc(Cl)cc(-c2nc(C(C)(C)C)[nH]c2-c2ccnc(NCC(C)NC(=O)OC)n2)c1. The summed E-state index contributed by atoms with van der Waals surface area (Å²) in [4.78, 5) is 28.6. The smallest absolute Gasteiger partial charge is 0.407 e. The predicted molar refractivity (Wildman–Crippen MR) is 150 cm³/mol. The fourth-order valence-corrected chi connectivity index (χ4v) is 4.90. The Hall–Kier alpha value is -3.38. The number of alkyl carbamates (subject to hydrolysis) is 1. The molecule has 0 aliphatic heterocycles. The molecule has 0 spiro atoms. The molecule has 3 aromatic rings. The topological polar surface area (TPSA) is 151 Å². The van der Waals surface area contributed by atoms with Crippen LogP contribution < -0.4 is 15.4 Å². The maximum Gasteiger partial charge on any atom is 0.407 e. The van der Waals surface area contributed by atoms with E-state index in [1.807, 2.05) is 27.7 Å². The number of methoxy groups -OCH3 is 1. The monoisotopic (exact) mass is 563 g/mol. The first kappa shape index (κ1) is 29.2. The van der Waals surface area contributed by atoms with Gasteiger partial charge in [0.2, 0.25) is 16.0 Å². The molecule has 3 rings (SSSR count). The van der Waals surface area contributed by atoms with E-state index in [0.29, 0.717) is 52.3 Å². The molecule has 0 saturated heterocycles. The number of sulfonamides is 1. The first-order chi connectivity index (χ1) is 17.8. The number of carbonyl (C=O) groups is 1. The minimum Gasteiger partial charge on any atom is -0.453 e. The number of nitrogens with zero attached hydrogens (tertiary/aromatic N) is 3. The molecule has 0 fully saturated rings. The fourth-order valence-electron chi connectivity index (χ4n) is 3.55. The van der Waals surface area contributed by atoms with Crippen molar-refractivity contribution in [2.24, 2.45) is 0 Å². The molecule has 0 bridgehead atoms. The number of benzene rings is 1. The van der Waals surface area contributed by atoms with Crippen molar-refractivity contribution in [2.45, 2.75) is 52.5 Å². The number of hydrogen-bond acceptors (Lipinski definition) is 8. The van der Waals surface area contributed by atoms with E-state index in [1.54, 1.807) is 37.4 Å². The van der Waals surface area contributed by atoms with Gasteiger partial charge in [-0.15, -0.1) is 0 Å².